The molecule has 2 aromatic heterocycles. The molecule has 0 saturated carbocycles. The Morgan fingerprint density at radius 2 is 1.85 bits per heavy atom. The molecule has 8 heteroatoms. The predicted molar refractivity (Wildman–Crippen MR) is 128 cm³/mol. The van der Waals surface area contributed by atoms with Gasteiger partial charge >= 0.3 is 0 Å². The zero-order valence-electron chi connectivity index (χ0n) is 18.5. The second-order valence-electron chi connectivity index (χ2n) is 7.82. The lowest BCUT2D eigenvalue weighted by Crippen LogP contribution is -2.40. The van der Waals surface area contributed by atoms with Gasteiger partial charge in [-0.1, -0.05) is 11.6 Å². The van der Waals surface area contributed by atoms with Crippen LogP contribution in [0.15, 0.2) is 60.9 Å². The molecule has 1 aliphatic heterocycles. The number of carbonyl (C=O) groups is 1. The van der Waals surface area contributed by atoms with Crippen molar-refractivity contribution in [2.24, 2.45) is 5.92 Å². The Balaban J connectivity index is 1.26. The predicted octanol–water partition coefficient (Wildman–Crippen LogP) is 4.85. The molecule has 3 heterocycles. The molecule has 172 valence electrons. The number of rotatable bonds is 8. The van der Waals surface area contributed by atoms with E-state index in [0.29, 0.717) is 29.8 Å². The van der Waals surface area contributed by atoms with Crippen LogP contribution in [0, 0.1) is 5.92 Å². The monoisotopic (exact) mass is 466 g/mol. The van der Waals surface area contributed by atoms with Crippen molar-refractivity contribution in [1.29, 1.82) is 0 Å². The minimum Gasteiger partial charge on any atom is -0.494 e. The SMILES string of the molecule is CCOc1ccc(Oc2cc(CNC(=O)C3CCN(c4ccc(Cl)cn4)CC3)ccn2)cc1. The molecule has 33 heavy (non-hydrogen) atoms. The summed E-state index contributed by atoms with van der Waals surface area (Å²) in [6, 6.07) is 14.9. The largest absolute Gasteiger partial charge is 0.494 e. The highest BCUT2D eigenvalue weighted by atomic mass is 35.5. The number of hydrogen-bond acceptors (Lipinski definition) is 6. The number of pyridine rings is 2. The summed E-state index contributed by atoms with van der Waals surface area (Å²) in [7, 11) is 0. The highest BCUT2D eigenvalue weighted by Crippen LogP contribution is 2.24. The van der Waals surface area contributed by atoms with Crippen LogP contribution in [-0.2, 0) is 11.3 Å². The molecular formula is C25H27ClN4O3. The summed E-state index contributed by atoms with van der Waals surface area (Å²) < 4.78 is 11.3. The van der Waals surface area contributed by atoms with Crippen LogP contribution in [0.25, 0.3) is 0 Å². The molecule has 1 aliphatic rings. The standard InChI is InChI=1S/C25H27ClN4O3/c1-2-32-21-4-6-22(7-5-21)33-24-15-18(9-12-27-24)16-29-25(31)19-10-13-30(14-11-19)23-8-3-20(26)17-28-23/h3-9,12,15,17,19H,2,10-11,13-14,16H2,1H3,(H,29,31). The Bertz CT molecular complexity index is 1050. The fraction of sp³-hybridized carbons (Fsp3) is 0.320. The van der Waals surface area contributed by atoms with Gasteiger partial charge in [0.15, 0.2) is 0 Å². The van der Waals surface area contributed by atoms with Gasteiger partial charge in [0.1, 0.15) is 17.3 Å². The summed E-state index contributed by atoms with van der Waals surface area (Å²) in [6.45, 7) is 4.58. The van der Waals surface area contributed by atoms with E-state index in [1.807, 2.05) is 55.5 Å². The van der Waals surface area contributed by atoms with Crippen molar-refractivity contribution < 1.29 is 14.3 Å². The van der Waals surface area contributed by atoms with Crippen LogP contribution in [0.1, 0.15) is 25.3 Å². The van der Waals surface area contributed by atoms with Crippen molar-refractivity contribution in [3.63, 3.8) is 0 Å². The van der Waals surface area contributed by atoms with Crippen molar-refractivity contribution in [2.45, 2.75) is 26.3 Å². The number of amides is 1. The van der Waals surface area contributed by atoms with E-state index in [2.05, 4.69) is 20.2 Å². The van der Waals surface area contributed by atoms with Crippen molar-refractivity contribution in [3.8, 4) is 17.4 Å². The van der Waals surface area contributed by atoms with Crippen LogP contribution in [0.4, 0.5) is 5.82 Å². The van der Waals surface area contributed by atoms with Crippen molar-refractivity contribution in [1.82, 2.24) is 15.3 Å². The van der Waals surface area contributed by atoms with Crippen molar-refractivity contribution in [3.05, 3.63) is 71.5 Å². The third kappa shape index (κ3) is 6.35. The first-order valence-corrected chi connectivity index (χ1v) is 11.5. The van der Waals surface area contributed by atoms with Gasteiger partial charge in [-0.25, -0.2) is 9.97 Å². The van der Waals surface area contributed by atoms with Crippen LogP contribution in [0.3, 0.4) is 0 Å². The number of aromatic nitrogens is 2. The summed E-state index contributed by atoms with van der Waals surface area (Å²) >= 11 is 5.92. The molecule has 0 unspecified atom stereocenters. The third-order valence-corrected chi connectivity index (χ3v) is 5.75. The number of hydrogen-bond donors (Lipinski definition) is 1. The van der Waals surface area contributed by atoms with Gasteiger partial charge < -0.3 is 19.7 Å². The van der Waals surface area contributed by atoms with Crippen LogP contribution in [-0.4, -0.2) is 35.6 Å². The number of ether oxygens (including phenoxy) is 2. The first-order chi connectivity index (χ1) is 16.1. The van der Waals surface area contributed by atoms with Gasteiger partial charge in [0.25, 0.3) is 0 Å². The first-order valence-electron chi connectivity index (χ1n) is 11.1. The molecule has 0 aliphatic carbocycles. The molecule has 3 aromatic rings. The maximum absolute atomic E-state index is 12.7. The molecule has 4 rings (SSSR count). The summed E-state index contributed by atoms with van der Waals surface area (Å²) in [4.78, 5) is 23.5. The smallest absolute Gasteiger partial charge is 0.223 e. The molecule has 1 aromatic carbocycles. The Morgan fingerprint density at radius 3 is 2.55 bits per heavy atom. The van der Waals surface area contributed by atoms with Crippen molar-refractivity contribution >= 4 is 23.3 Å². The van der Waals surface area contributed by atoms with E-state index in [0.717, 1.165) is 43.1 Å². The lowest BCUT2D eigenvalue weighted by molar-refractivity contribution is -0.125. The lowest BCUT2D eigenvalue weighted by atomic mass is 9.96. The van der Waals surface area contributed by atoms with Crippen LogP contribution >= 0.6 is 11.6 Å². The third-order valence-electron chi connectivity index (χ3n) is 5.52. The fourth-order valence-electron chi connectivity index (χ4n) is 3.77. The molecule has 0 spiro atoms. The summed E-state index contributed by atoms with van der Waals surface area (Å²) in [6.07, 6.45) is 4.92. The van der Waals surface area contributed by atoms with Gasteiger partial charge in [0.2, 0.25) is 11.8 Å². The highest BCUT2D eigenvalue weighted by Gasteiger charge is 2.25. The minimum absolute atomic E-state index is 0.00466. The number of benzene rings is 1. The molecule has 0 radical (unpaired) electrons. The summed E-state index contributed by atoms with van der Waals surface area (Å²) in [5.41, 5.74) is 0.932. The molecule has 1 N–H and O–H groups in total. The first kappa shape index (κ1) is 22.9. The van der Waals surface area contributed by atoms with E-state index in [4.69, 9.17) is 21.1 Å². The maximum atomic E-state index is 12.7. The average Bonchev–Trinajstić information content (AvgIpc) is 2.85. The van der Waals surface area contributed by atoms with E-state index in [9.17, 15) is 4.79 Å². The summed E-state index contributed by atoms with van der Waals surface area (Å²) in [5.74, 6) is 2.92. The van der Waals surface area contributed by atoms with Gasteiger partial charge in [-0.05, 0) is 67.8 Å². The topological polar surface area (TPSA) is 76.6 Å². The Hall–Kier alpha value is -3.32. The normalized spacial score (nSPS) is 14.1. The van der Waals surface area contributed by atoms with Crippen LogP contribution in [0.5, 0.6) is 17.4 Å². The van der Waals surface area contributed by atoms with Crippen molar-refractivity contribution in [2.75, 3.05) is 24.6 Å². The van der Waals surface area contributed by atoms with E-state index in [1.165, 1.54) is 0 Å². The quantitative estimate of drug-likeness (QED) is 0.511. The van der Waals surface area contributed by atoms with Gasteiger partial charge in [-0.15, -0.1) is 0 Å². The zero-order chi connectivity index (χ0) is 23.0. The second kappa shape index (κ2) is 11.0. The minimum atomic E-state index is -0.00466. The van der Waals surface area contributed by atoms with Crippen LogP contribution < -0.4 is 19.7 Å². The Morgan fingerprint density at radius 1 is 1.09 bits per heavy atom. The van der Waals surface area contributed by atoms with Gasteiger partial charge in [0.05, 0.1) is 11.6 Å². The molecule has 7 nitrogen and oxygen atoms in total. The fourth-order valence-corrected chi connectivity index (χ4v) is 3.88. The van der Waals surface area contributed by atoms with E-state index in [1.54, 1.807) is 12.4 Å². The number of nitrogens with one attached hydrogen (secondary N) is 1. The maximum Gasteiger partial charge on any atom is 0.223 e. The molecular weight excluding hydrogens is 440 g/mol. The second-order valence-corrected chi connectivity index (χ2v) is 8.26. The number of nitrogens with zero attached hydrogens (tertiary/aromatic N) is 3. The number of halogens is 1. The van der Waals surface area contributed by atoms with E-state index >= 15 is 0 Å². The molecule has 1 saturated heterocycles. The lowest BCUT2D eigenvalue weighted by Gasteiger charge is -2.32. The average molecular weight is 467 g/mol. The molecule has 0 atom stereocenters. The number of anilines is 1. The van der Waals surface area contributed by atoms with E-state index < -0.39 is 0 Å². The van der Waals surface area contributed by atoms with Crippen LogP contribution in [0.2, 0.25) is 5.02 Å². The number of carbonyl (C=O) groups excluding carboxylic acids is 1. The highest BCUT2D eigenvalue weighted by molar-refractivity contribution is 6.30. The van der Waals surface area contributed by atoms with Gasteiger partial charge in [-0.2, -0.15) is 0 Å². The zero-order valence-corrected chi connectivity index (χ0v) is 19.3. The summed E-state index contributed by atoms with van der Waals surface area (Å²) in [5, 5.41) is 3.68. The van der Waals surface area contributed by atoms with Gasteiger partial charge in [0, 0.05) is 44.0 Å². The molecule has 1 amide bonds. The van der Waals surface area contributed by atoms with Gasteiger partial charge in [-0.3, -0.25) is 4.79 Å². The molecule has 0 bridgehead atoms. The number of piperidine rings is 1. The Kier molecular flexibility index (Phi) is 7.62. The molecule has 1 fully saturated rings. The van der Waals surface area contributed by atoms with E-state index in [-0.39, 0.29) is 11.8 Å². The Labute approximate surface area is 198 Å².